The Morgan fingerprint density at radius 1 is 0.646 bits per heavy atom. The molecule has 9 aromatic rings. The van der Waals surface area contributed by atoms with Crippen molar-refractivity contribution in [3.05, 3.63) is 149 Å². The monoisotopic (exact) mass is 906 g/mol. The molecule has 5 heterocycles. The minimum absolute atomic E-state index is 0.0528. The number of hydrogen-bond acceptors (Lipinski definition) is 8. The molecule has 328 valence electrons. The van der Waals surface area contributed by atoms with Crippen molar-refractivity contribution in [3.63, 3.8) is 0 Å². The van der Waals surface area contributed by atoms with Gasteiger partial charge in [0.05, 0.1) is 39.2 Å². The fourth-order valence-electron chi connectivity index (χ4n) is 6.63. The lowest BCUT2D eigenvalue weighted by atomic mass is 9.97. The minimum Gasteiger partial charge on any atom is -0.475 e. The number of carboxylic acid groups (broad SMARTS) is 1. The number of fused-ring (bicyclic) bond motifs is 3. The highest BCUT2D eigenvalue weighted by Crippen LogP contribution is 2.36. The molecule has 0 unspecified atom stereocenters. The fourth-order valence-corrected chi connectivity index (χ4v) is 6.90. The van der Waals surface area contributed by atoms with Crippen LogP contribution in [0.15, 0.2) is 122 Å². The maximum atomic E-state index is 12.6. The summed E-state index contributed by atoms with van der Waals surface area (Å²) in [7, 11) is 5.58. The number of benzene rings is 4. The summed E-state index contributed by atoms with van der Waals surface area (Å²) in [6.07, 6.45) is -1.30. The van der Waals surface area contributed by atoms with Gasteiger partial charge in [-0.1, -0.05) is 72.3 Å². The lowest BCUT2D eigenvalue weighted by molar-refractivity contribution is -0.192. The molecule has 0 aliphatic heterocycles. The predicted octanol–water partition coefficient (Wildman–Crippen LogP) is 10.9. The first-order valence-electron chi connectivity index (χ1n) is 19.0. The first-order valence-corrected chi connectivity index (χ1v) is 19.3. The summed E-state index contributed by atoms with van der Waals surface area (Å²) in [6, 6.07) is 32.0. The zero-order chi connectivity index (χ0) is 47.2. The van der Waals surface area contributed by atoms with Crippen LogP contribution in [-0.4, -0.2) is 56.6 Å². The SMILES string of the molecule is Cc1cc(C#N)ccc1-c1cccc2cn(C)nc12.Cn1cc2cccc(-c3ncc(C(F)(F)F)cc3Cl)c2n1.Cn1cc2cccc(-c3ncccc3C#N)c2n1.O=C(O)C(F)(F)F. The summed E-state index contributed by atoms with van der Waals surface area (Å²) in [5, 5.41) is 41.4. The number of aromatic nitrogens is 8. The minimum atomic E-state index is -5.08. The van der Waals surface area contributed by atoms with Gasteiger partial charge in [-0.05, 0) is 48.4 Å². The van der Waals surface area contributed by atoms with Crippen molar-refractivity contribution in [2.75, 3.05) is 0 Å². The van der Waals surface area contributed by atoms with E-state index in [4.69, 9.17) is 32.0 Å². The highest BCUT2D eigenvalue weighted by atomic mass is 35.5. The maximum Gasteiger partial charge on any atom is 0.490 e. The summed E-state index contributed by atoms with van der Waals surface area (Å²) in [5.41, 5.74) is 8.70. The van der Waals surface area contributed by atoms with Crippen LogP contribution in [0.3, 0.4) is 0 Å². The molecule has 0 saturated heterocycles. The Bertz CT molecular complexity index is 3290. The van der Waals surface area contributed by atoms with E-state index in [-0.39, 0.29) is 10.7 Å². The average Bonchev–Trinajstić information content (AvgIpc) is 3.97. The van der Waals surface area contributed by atoms with E-state index in [2.05, 4.69) is 49.5 Å². The first-order chi connectivity index (χ1) is 30.8. The van der Waals surface area contributed by atoms with Crippen LogP contribution in [0.1, 0.15) is 22.3 Å². The van der Waals surface area contributed by atoms with Crippen molar-refractivity contribution in [2.45, 2.75) is 19.3 Å². The van der Waals surface area contributed by atoms with Gasteiger partial charge in [-0.15, -0.1) is 0 Å². The molecule has 0 amide bonds. The molecule has 0 radical (unpaired) electrons. The third kappa shape index (κ3) is 10.8. The third-order valence-corrected chi connectivity index (χ3v) is 9.74. The third-order valence-electron chi connectivity index (χ3n) is 9.45. The Morgan fingerprint density at radius 2 is 1.14 bits per heavy atom. The second-order valence-electron chi connectivity index (χ2n) is 14.1. The Hall–Kier alpha value is -8.09. The molecule has 5 aromatic heterocycles. The highest BCUT2D eigenvalue weighted by molar-refractivity contribution is 6.33. The molecule has 0 atom stereocenters. The van der Waals surface area contributed by atoms with Crippen LogP contribution in [-0.2, 0) is 32.1 Å². The number of aryl methyl sites for hydroxylation is 4. The van der Waals surface area contributed by atoms with Gasteiger partial charge in [-0.25, -0.2) is 4.79 Å². The molecule has 9 rings (SSSR count). The Labute approximate surface area is 370 Å². The van der Waals surface area contributed by atoms with Gasteiger partial charge < -0.3 is 5.11 Å². The number of halogens is 7. The molecule has 0 fully saturated rings. The van der Waals surface area contributed by atoms with Gasteiger partial charge in [-0.3, -0.25) is 24.0 Å². The predicted molar refractivity (Wildman–Crippen MR) is 232 cm³/mol. The van der Waals surface area contributed by atoms with Gasteiger partial charge in [0.15, 0.2) is 0 Å². The van der Waals surface area contributed by atoms with E-state index < -0.39 is 23.9 Å². The second-order valence-corrected chi connectivity index (χ2v) is 14.6. The van der Waals surface area contributed by atoms with Crippen molar-refractivity contribution in [1.29, 1.82) is 10.5 Å². The molecule has 0 aliphatic carbocycles. The Balaban J connectivity index is 0.000000151. The van der Waals surface area contributed by atoms with E-state index in [1.54, 1.807) is 46.9 Å². The number of nitriles is 2. The molecular formula is C46H33ClF6N10O2. The molecule has 0 bridgehead atoms. The highest BCUT2D eigenvalue weighted by Gasteiger charge is 2.38. The summed E-state index contributed by atoms with van der Waals surface area (Å²) < 4.78 is 74.9. The van der Waals surface area contributed by atoms with Gasteiger partial charge in [0.2, 0.25) is 0 Å². The summed E-state index contributed by atoms with van der Waals surface area (Å²) in [4.78, 5) is 17.1. The fraction of sp³-hybridized carbons (Fsp3) is 0.130. The van der Waals surface area contributed by atoms with Crippen LogP contribution in [0.25, 0.3) is 66.4 Å². The van der Waals surface area contributed by atoms with E-state index in [0.717, 1.165) is 61.7 Å². The van der Waals surface area contributed by atoms with Crippen molar-refractivity contribution in [3.8, 4) is 45.8 Å². The van der Waals surface area contributed by atoms with Crippen molar-refractivity contribution in [2.24, 2.45) is 21.1 Å². The smallest absolute Gasteiger partial charge is 0.475 e. The van der Waals surface area contributed by atoms with Gasteiger partial charge in [-0.2, -0.15) is 52.2 Å². The molecule has 65 heavy (non-hydrogen) atoms. The number of rotatable bonds is 3. The van der Waals surface area contributed by atoms with Crippen LogP contribution in [0.2, 0.25) is 5.02 Å². The molecule has 1 N–H and O–H groups in total. The topological polar surface area (TPSA) is 164 Å². The average molecular weight is 907 g/mol. The van der Waals surface area contributed by atoms with Crippen LogP contribution >= 0.6 is 11.6 Å². The molecule has 0 saturated carbocycles. The maximum absolute atomic E-state index is 12.6. The van der Waals surface area contributed by atoms with Crippen molar-refractivity contribution >= 4 is 50.3 Å². The molecule has 0 aliphatic rings. The van der Waals surface area contributed by atoms with Crippen LogP contribution in [0, 0.1) is 29.6 Å². The second kappa shape index (κ2) is 19.1. The quantitative estimate of drug-likeness (QED) is 0.170. The zero-order valence-corrected chi connectivity index (χ0v) is 35.3. The number of pyridine rings is 2. The van der Waals surface area contributed by atoms with Gasteiger partial charge in [0.25, 0.3) is 0 Å². The lowest BCUT2D eigenvalue weighted by Gasteiger charge is -2.09. The molecule has 19 heteroatoms. The number of alkyl halides is 6. The van der Waals surface area contributed by atoms with E-state index in [9.17, 15) is 26.3 Å². The zero-order valence-electron chi connectivity index (χ0n) is 34.5. The van der Waals surface area contributed by atoms with Crippen LogP contribution < -0.4 is 0 Å². The van der Waals surface area contributed by atoms with Crippen molar-refractivity contribution < 1.29 is 36.2 Å². The molecule has 4 aromatic carbocycles. The molecular weight excluding hydrogens is 874 g/mol. The standard InChI is InChI=1S/C16H13N3.C14H9ClF3N3.C14H10N4.C2HF3O2/c1-11-8-12(9-17)6-7-14(11)15-5-3-4-13-10-19(2)18-16(13)15;1-21-7-8-3-2-4-10(12(8)20-21)13-11(15)5-9(6-19-13)14(16,17)18;1-18-9-11-4-2-6-12(14(11)17-18)13-10(8-15)5-3-7-16-13;3-2(4,5)1(6)7/h3-8,10H,1-2H3;2-7H,1H3;2-7,9H,1H3;(H,6,7). The summed E-state index contributed by atoms with van der Waals surface area (Å²) in [6.45, 7) is 2.03. The Kier molecular flexibility index (Phi) is 13.6. The molecule has 0 spiro atoms. The number of hydrogen-bond donors (Lipinski definition) is 1. The van der Waals surface area contributed by atoms with Crippen molar-refractivity contribution in [1.82, 2.24) is 39.3 Å². The van der Waals surface area contributed by atoms with Crippen LogP contribution in [0.4, 0.5) is 26.3 Å². The van der Waals surface area contributed by atoms with E-state index in [0.29, 0.717) is 27.9 Å². The van der Waals surface area contributed by atoms with E-state index in [1.807, 2.05) is 92.8 Å². The van der Waals surface area contributed by atoms with Crippen LogP contribution in [0.5, 0.6) is 0 Å². The molecule has 12 nitrogen and oxygen atoms in total. The van der Waals surface area contributed by atoms with Gasteiger partial charge in [0.1, 0.15) is 22.6 Å². The van der Waals surface area contributed by atoms with E-state index >= 15 is 0 Å². The number of carbonyl (C=O) groups is 1. The summed E-state index contributed by atoms with van der Waals surface area (Å²) >= 11 is 5.98. The summed E-state index contributed by atoms with van der Waals surface area (Å²) in [5.74, 6) is -2.76. The lowest BCUT2D eigenvalue weighted by Crippen LogP contribution is -2.21. The van der Waals surface area contributed by atoms with Gasteiger partial charge >= 0.3 is 18.3 Å². The normalized spacial score (nSPS) is 11.1. The number of carboxylic acids is 1. The number of aliphatic carboxylic acids is 1. The number of nitrogens with zero attached hydrogens (tertiary/aromatic N) is 10. The van der Waals surface area contributed by atoms with E-state index in [1.165, 1.54) is 0 Å². The largest absolute Gasteiger partial charge is 0.490 e. The first kappa shape index (κ1) is 46.4. The van der Waals surface area contributed by atoms with Gasteiger partial charge in [0, 0.05) is 85.0 Å². The Morgan fingerprint density at radius 3 is 1.58 bits per heavy atom.